The van der Waals surface area contributed by atoms with Gasteiger partial charge in [-0.25, -0.2) is 8.42 Å². The van der Waals surface area contributed by atoms with E-state index in [2.05, 4.69) is 0 Å². The zero-order valence-electron chi connectivity index (χ0n) is 9.63. The fraction of sp³-hybridized carbons (Fsp3) is 0.462. The topological polar surface area (TPSA) is 51.2 Å². The molecule has 17 heavy (non-hydrogen) atoms. The summed E-state index contributed by atoms with van der Waals surface area (Å²) >= 11 is 0. The molecule has 4 heteroatoms. The standard InChI is InChI=1S/C13H16O3S/c14-10-13-3-1-11(2-4-13)9-12-5-7-17(15,16)8-6-12/h1-4,10,12H,5-9H2. The molecule has 1 fully saturated rings. The van der Waals surface area contributed by atoms with E-state index in [-0.39, 0.29) is 0 Å². The number of carbonyl (C=O) groups excluding carboxylic acids is 1. The minimum atomic E-state index is -2.76. The Morgan fingerprint density at radius 1 is 1.12 bits per heavy atom. The average Bonchev–Trinajstić information content (AvgIpc) is 2.33. The van der Waals surface area contributed by atoms with Gasteiger partial charge in [0.1, 0.15) is 16.1 Å². The Bertz CT molecular complexity index is 474. The van der Waals surface area contributed by atoms with Crippen molar-refractivity contribution in [2.45, 2.75) is 19.3 Å². The highest BCUT2D eigenvalue weighted by molar-refractivity contribution is 7.91. The Balaban J connectivity index is 1.95. The lowest BCUT2D eigenvalue weighted by Crippen LogP contribution is -2.24. The molecule has 0 bridgehead atoms. The van der Waals surface area contributed by atoms with Crippen LogP contribution in [0.25, 0.3) is 0 Å². The molecule has 3 nitrogen and oxygen atoms in total. The van der Waals surface area contributed by atoms with Gasteiger partial charge in [-0.2, -0.15) is 0 Å². The molecule has 1 aromatic rings. The second kappa shape index (κ2) is 5.00. The van der Waals surface area contributed by atoms with Crippen molar-refractivity contribution in [2.75, 3.05) is 11.5 Å². The Kier molecular flexibility index (Phi) is 3.62. The highest BCUT2D eigenvalue weighted by atomic mass is 32.2. The second-order valence-electron chi connectivity index (χ2n) is 4.66. The normalized spacial score (nSPS) is 20.0. The largest absolute Gasteiger partial charge is 0.298 e. The first kappa shape index (κ1) is 12.3. The lowest BCUT2D eigenvalue weighted by atomic mass is 9.94. The molecule has 0 aliphatic carbocycles. The van der Waals surface area contributed by atoms with Gasteiger partial charge in [0.05, 0.1) is 11.5 Å². The molecule has 0 atom stereocenters. The molecular formula is C13H16O3S. The van der Waals surface area contributed by atoms with Crippen LogP contribution in [0.5, 0.6) is 0 Å². The van der Waals surface area contributed by atoms with E-state index >= 15 is 0 Å². The predicted octanol–water partition coefficient (Wildman–Crippen LogP) is 1.87. The van der Waals surface area contributed by atoms with Crippen LogP contribution < -0.4 is 0 Å². The quantitative estimate of drug-likeness (QED) is 0.772. The van der Waals surface area contributed by atoms with Crippen LogP contribution in [0.3, 0.4) is 0 Å². The van der Waals surface area contributed by atoms with E-state index in [9.17, 15) is 13.2 Å². The summed E-state index contributed by atoms with van der Waals surface area (Å²) in [5, 5.41) is 0. The van der Waals surface area contributed by atoms with Gasteiger partial charge >= 0.3 is 0 Å². The van der Waals surface area contributed by atoms with E-state index < -0.39 is 9.84 Å². The number of hydrogen-bond acceptors (Lipinski definition) is 3. The summed E-state index contributed by atoms with van der Waals surface area (Å²) in [4.78, 5) is 10.5. The third kappa shape index (κ3) is 3.40. The van der Waals surface area contributed by atoms with E-state index in [4.69, 9.17) is 0 Å². The maximum absolute atomic E-state index is 11.3. The fourth-order valence-electron chi connectivity index (χ4n) is 2.21. The van der Waals surface area contributed by atoms with E-state index in [0.717, 1.165) is 25.5 Å². The summed E-state index contributed by atoms with van der Waals surface area (Å²) in [7, 11) is -2.76. The van der Waals surface area contributed by atoms with Gasteiger partial charge in [-0.1, -0.05) is 24.3 Å². The van der Waals surface area contributed by atoms with E-state index in [1.54, 1.807) is 0 Å². The summed E-state index contributed by atoms with van der Waals surface area (Å²) in [6, 6.07) is 7.52. The molecule has 92 valence electrons. The molecule has 0 aromatic heterocycles. The Hall–Kier alpha value is -1.16. The molecule has 1 aliphatic rings. The average molecular weight is 252 g/mol. The Morgan fingerprint density at radius 2 is 1.71 bits per heavy atom. The minimum Gasteiger partial charge on any atom is -0.298 e. The van der Waals surface area contributed by atoms with Gasteiger partial charge < -0.3 is 0 Å². The molecular weight excluding hydrogens is 236 g/mol. The second-order valence-corrected chi connectivity index (χ2v) is 6.96. The van der Waals surface area contributed by atoms with Crippen LogP contribution in [0, 0.1) is 5.92 Å². The number of aldehydes is 1. The number of carbonyl (C=O) groups is 1. The predicted molar refractivity (Wildman–Crippen MR) is 66.9 cm³/mol. The summed E-state index contributed by atoms with van der Waals surface area (Å²) in [6.07, 6.45) is 3.27. The van der Waals surface area contributed by atoms with Crippen molar-refractivity contribution in [2.24, 2.45) is 5.92 Å². The van der Waals surface area contributed by atoms with Crippen molar-refractivity contribution in [3.05, 3.63) is 35.4 Å². The minimum absolute atomic E-state index is 0.324. The van der Waals surface area contributed by atoms with Crippen LogP contribution in [0.1, 0.15) is 28.8 Å². The summed E-state index contributed by atoms with van der Waals surface area (Å²) in [5.74, 6) is 1.11. The van der Waals surface area contributed by atoms with Crippen molar-refractivity contribution >= 4 is 16.1 Å². The molecule has 1 heterocycles. The summed E-state index contributed by atoms with van der Waals surface area (Å²) < 4.78 is 22.6. The molecule has 0 spiro atoms. The Morgan fingerprint density at radius 3 is 2.24 bits per heavy atom. The number of sulfone groups is 1. The van der Waals surface area contributed by atoms with Gasteiger partial charge in [-0.15, -0.1) is 0 Å². The molecule has 0 N–H and O–H groups in total. The first-order chi connectivity index (χ1) is 8.09. The van der Waals surface area contributed by atoms with Crippen molar-refractivity contribution in [3.8, 4) is 0 Å². The van der Waals surface area contributed by atoms with Crippen LogP contribution >= 0.6 is 0 Å². The van der Waals surface area contributed by atoms with Gasteiger partial charge in [0, 0.05) is 5.56 Å². The highest BCUT2D eigenvalue weighted by Crippen LogP contribution is 2.22. The number of hydrogen-bond donors (Lipinski definition) is 0. The first-order valence-corrected chi connectivity index (χ1v) is 7.66. The molecule has 0 unspecified atom stereocenters. The third-order valence-corrected chi connectivity index (χ3v) is 5.03. The lowest BCUT2D eigenvalue weighted by Gasteiger charge is -2.21. The maximum atomic E-state index is 11.3. The highest BCUT2D eigenvalue weighted by Gasteiger charge is 2.23. The first-order valence-electron chi connectivity index (χ1n) is 5.83. The van der Waals surface area contributed by atoms with E-state index in [1.807, 2.05) is 24.3 Å². The van der Waals surface area contributed by atoms with Gasteiger partial charge in [0.25, 0.3) is 0 Å². The molecule has 1 aliphatic heterocycles. The molecule has 0 amide bonds. The molecule has 1 saturated heterocycles. The number of rotatable bonds is 3. The summed E-state index contributed by atoms with van der Waals surface area (Å²) in [5.41, 5.74) is 1.86. The van der Waals surface area contributed by atoms with Crippen LogP contribution in [-0.4, -0.2) is 26.2 Å². The zero-order chi connectivity index (χ0) is 12.3. The van der Waals surface area contributed by atoms with Gasteiger partial charge in [-0.3, -0.25) is 4.79 Å². The monoisotopic (exact) mass is 252 g/mol. The molecule has 2 rings (SSSR count). The maximum Gasteiger partial charge on any atom is 0.150 e. The summed E-state index contributed by atoms with van der Waals surface area (Å²) in [6.45, 7) is 0. The van der Waals surface area contributed by atoms with Crippen molar-refractivity contribution < 1.29 is 13.2 Å². The van der Waals surface area contributed by atoms with Gasteiger partial charge in [0.15, 0.2) is 0 Å². The fourth-order valence-corrected chi connectivity index (χ4v) is 3.80. The van der Waals surface area contributed by atoms with E-state index in [1.165, 1.54) is 5.56 Å². The van der Waals surface area contributed by atoms with Crippen molar-refractivity contribution in [1.29, 1.82) is 0 Å². The van der Waals surface area contributed by atoms with Crippen LogP contribution in [-0.2, 0) is 16.3 Å². The van der Waals surface area contributed by atoms with Gasteiger partial charge in [-0.05, 0) is 30.7 Å². The van der Waals surface area contributed by atoms with Crippen LogP contribution in [0.15, 0.2) is 24.3 Å². The molecule has 0 radical (unpaired) electrons. The molecule has 1 aromatic carbocycles. The lowest BCUT2D eigenvalue weighted by molar-refractivity contribution is 0.112. The third-order valence-electron chi connectivity index (χ3n) is 3.31. The SMILES string of the molecule is O=Cc1ccc(CC2CCS(=O)(=O)CC2)cc1. The van der Waals surface area contributed by atoms with Crippen LogP contribution in [0.2, 0.25) is 0 Å². The van der Waals surface area contributed by atoms with E-state index in [0.29, 0.717) is 23.0 Å². The Labute approximate surface area is 102 Å². The van der Waals surface area contributed by atoms with Crippen LogP contribution in [0.4, 0.5) is 0 Å². The zero-order valence-corrected chi connectivity index (χ0v) is 10.4. The molecule has 0 saturated carbocycles. The number of benzene rings is 1. The smallest absolute Gasteiger partial charge is 0.150 e. The van der Waals surface area contributed by atoms with Crippen molar-refractivity contribution in [1.82, 2.24) is 0 Å². The van der Waals surface area contributed by atoms with Gasteiger partial charge in [0.2, 0.25) is 0 Å². The van der Waals surface area contributed by atoms with Crippen molar-refractivity contribution in [3.63, 3.8) is 0 Å².